The van der Waals surface area contributed by atoms with Gasteiger partial charge in [-0.25, -0.2) is 0 Å². The molecule has 0 aromatic carbocycles. The van der Waals surface area contributed by atoms with Gasteiger partial charge in [0, 0.05) is 33.5 Å². The molecule has 80 valence electrons. The number of rotatable bonds is 7. The van der Waals surface area contributed by atoms with E-state index >= 15 is 0 Å². The number of ether oxygens (including phenoxy) is 2. The minimum Gasteiger partial charge on any atom is -0.355 e. The number of aromatic nitrogens is 3. The Morgan fingerprint density at radius 1 is 1.43 bits per heavy atom. The van der Waals surface area contributed by atoms with Crippen LogP contribution < -0.4 is 5.32 Å². The molecule has 0 saturated carbocycles. The quantitative estimate of drug-likeness (QED) is 0.474. The fourth-order valence-electron chi connectivity index (χ4n) is 1.03. The Morgan fingerprint density at radius 3 is 2.79 bits per heavy atom. The molecule has 1 aromatic heterocycles. The molecule has 0 saturated heterocycles. The number of methoxy groups -OCH3 is 2. The van der Waals surface area contributed by atoms with Gasteiger partial charge in [0.25, 0.3) is 0 Å². The Bertz CT molecular complexity index is 223. The van der Waals surface area contributed by atoms with Crippen LogP contribution in [0.3, 0.4) is 0 Å². The van der Waals surface area contributed by atoms with Crippen molar-refractivity contribution in [3.63, 3.8) is 0 Å². The number of nitrogens with one attached hydrogen (secondary N) is 1. The smallest absolute Gasteiger partial charge is 0.169 e. The van der Waals surface area contributed by atoms with Crippen molar-refractivity contribution in [3.8, 4) is 0 Å². The third-order valence-electron chi connectivity index (χ3n) is 1.83. The third-order valence-corrected chi connectivity index (χ3v) is 1.83. The van der Waals surface area contributed by atoms with E-state index in [1.807, 2.05) is 6.20 Å². The zero-order valence-electron chi connectivity index (χ0n) is 8.51. The Labute approximate surface area is 83.2 Å². The maximum atomic E-state index is 5.02. The molecule has 0 spiro atoms. The zero-order valence-corrected chi connectivity index (χ0v) is 8.51. The van der Waals surface area contributed by atoms with E-state index in [4.69, 9.17) is 9.47 Å². The summed E-state index contributed by atoms with van der Waals surface area (Å²) in [6.45, 7) is 2.27. The molecule has 0 atom stereocenters. The standard InChI is InChI=1S/C8H16N4O2/c1-13-8(14-2)7-9-3-5-12-6-4-10-11-12/h4,6,8-9H,3,5,7H2,1-2H3. The van der Waals surface area contributed by atoms with E-state index in [0.717, 1.165) is 13.1 Å². The lowest BCUT2D eigenvalue weighted by molar-refractivity contribution is -0.0987. The van der Waals surface area contributed by atoms with Gasteiger partial charge in [-0.15, -0.1) is 5.10 Å². The lowest BCUT2D eigenvalue weighted by Crippen LogP contribution is -2.31. The molecule has 1 heterocycles. The van der Waals surface area contributed by atoms with Crippen molar-refractivity contribution in [2.45, 2.75) is 12.8 Å². The van der Waals surface area contributed by atoms with Crippen LogP contribution >= 0.6 is 0 Å². The average molecular weight is 200 g/mol. The van der Waals surface area contributed by atoms with E-state index in [9.17, 15) is 0 Å². The van der Waals surface area contributed by atoms with Crippen LogP contribution in [0, 0.1) is 0 Å². The predicted molar refractivity (Wildman–Crippen MR) is 50.7 cm³/mol. The van der Waals surface area contributed by atoms with Crippen molar-refractivity contribution in [2.75, 3.05) is 27.3 Å². The van der Waals surface area contributed by atoms with Gasteiger partial charge in [0.2, 0.25) is 0 Å². The van der Waals surface area contributed by atoms with E-state index in [-0.39, 0.29) is 6.29 Å². The van der Waals surface area contributed by atoms with Gasteiger partial charge in [0.05, 0.1) is 12.7 Å². The average Bonchev–Trinajstić information content (AvgIpc) is 2.71. The molecule has 0 unspecified atom stereocenters. The van der Waals surface area contributed by atoms with Crippen molar-refractivity contribution in [3.05, 3.63) is 12.4 Å². The monoisotopic (exact) mass is 200 g/mol. The predicted octanol–water partition coefficient (Wildman–Crippen LogP) is -0.513. The Morgan fingerprint density at radius 2 is 2.21 bits per heavy atom. The molecule has 1 N–H and O–H groups in total. The summed E-state index contributed by atoms with van der Waals surface area (Å²) in [6.07, 6.45) is 3.30. The zero-order chi connectivity index (χ0) is 10.2. The Kier molecular flexibility index (Phi) is 5.13. The Balaban J connectivity index is 2.04. The van der Waals surface area contributed by atoms with Crippen molar-refractivity contribution in [2.24, 2.45) is 0 Å². The highest BCUT2D eigenvalue weighted by molar-refractivity contribution is 4.64. The number of hydrogen-bond acceptors (Lipinski definition) is 5. The molecule has 0 fully saturated rings. The summed E-state index contributed by atoms with van der Waals surface area (Å²) in [5.41, 5.74) is 0. The van der Waals surface area contributed by atoms with E-state index in [2.05, 4.69) is 15.6 Å². The van der Waals surface area contributed by atoms with Crippen molar-refractivity contribution < 1.29 is 9.47 Å². The van der Waals surface area contributed by atoms with Crippen LogP contribution in [-0.2, 0) is 16.0 Å². The first-order valence-corrected chi connectivity index (χ1v) is 4.47. The van der Waals surface area contributed by atoms with Crippen LogP contribution in [0.2, 0.25) is 0 Å². The first kappa shape index (κ1) is 11.1. The van der Waals surface area contributed by atoms with E-state index in [1.54, 1.807) is 25.1 Å². The molecule has 0 radical (unpaired) electrons. The lowest BCUT2D eigenvalue weighted by Gasteiger charge is -2.13. The molecule has 14 heavy (non-hydrogen) atoms. The first-order valence-electron chi connectivity index (χ1n) is 4.47. The highest BCUT2D eigenvalue weighted by Gasteiger charge is 2.02. The summed E-state index contributed by atoms with van der Waals surface area (Å²) >= 11 is 0. The third kappa shape index (κ3) is 3.82. The first-order chi connectivity index (χ1) is 6.86. The van der Waals surface area contributed by atoms with E-state index in [0.29, 0.717) is 6.54 Å². The van der Waals surface area contributed by atoms with Gasteiger partial charge in [-0.2, -0.15) is 0 Å². The van der Waals surface area contributed by atoms with Gasteiger partial charge in [-0.05, 0) is 0 Å². The second-order valence-corrected chi connectivity index (χ2v) is 2.77. The van der Waals surface area contributed by atoms with Gasteiger partial charge in [0.15, 0.2) is 6.29 Å². The SMILES string of the molecule is COC(CNCCn1ccnn1)OC. The second kappa shape index (κ2) is 6.47. The Hall–Kier alpha value is -0.980. The molecule has 0 bridgehead atoms. The van der Waals surface area contributed by atoms with Crippen LogP contribution in [0.15, 0.2) is 12.4 Å². The fourth-order valence-corrected chi connectivity index (χ4v) is 1.03. The summed E-state index contributed by atoms with van der Waals surface area (Å²) in [5.74, 6) is 0. The minimum absolute atomic E-state index is 0.189. The summed E-state index contributed by atoms with van der Waals surface area (Å²) in [4.78, 5) is 0. The molecule has 6 nitrogen and oxygen atoms in total. The second-order valence-electron chi connectivity index (χ2n) is 2.77. The molecule has 6 heteroatoms. The molecule has 1 rings (SSSR count). The minimum atomic E-state index is -0.189. The largest absolute Gasteiger partial charge is 0.355 e. The lowest BCUT2D eigenvalue weighted by atomic mass is 10.5. The summed E-state index contributed by atoms with van der Waals surface area (Å²) < 4.78 is 11.8. The molecule has 0 aliphatic heterocycles. The van der Waals surface area contributed by atoms with Gasteiger partial charge >= 0.3 is 0 Å². The van der Waals surface area contributed by atoms with E-state index in [1.165, 1.54) is 0 Å². The van der Waals surface area contributed by atoms with Crippen LogP contribution in [0.4, 0.5) is 0 Å². The molecule has 0 aliphatic rings. The van der Waals surface area contributed by atoms with Gasteiger partial charge in [-0.3, -0.25) is 4.68 Å². The van der Waals surface area contributed by atoms with Crippen molar-refractivity contribution in [1.29, 1.82) is 0 Å². The highest BCUT2D eigenvalue weighted by atomic mass is 16.7. The maximum absolute atomic E-state index is 5.02. The van der Waals surface area contributed by atoms with Crippen LogP contribution in [-0.4, -0.2) is 48.6 Å². The topological polar surface area (TPSA) is 61.2 Å². The van der Waals surface area contributed by atoms with Gasteiger partial charge < -0.3 is 14.8 Å². The molecular weight excluding hydrogens is 184 g/mol. The molecule has 0 aliphatic carbocycles. The molecule has 0 amide bonds. The van der Waals surface area contributed by atoms with Crippen molar-refractivity contribution >= 4 is 0 Å². The molecule has 1 aromatic rings. The molecular formula is C8H16N4O2. The summed E-state index contributed by atoms with van der Waals surface area (Å²) in [6, 6.07) is 0. The summed E-state index contributed by atoms with van der Waals surface area (Å²) in [5, 5.41) is 10.7. The summed E-state index contributed by atoms with van der Waals surface area (Å²) in [7, 11) is 3.24. The van der Waals surface area contributed by atoms with Crippen LogP contribution in [0.1, 0.15) is 0 Å². The maximum Gasteiger partial charge on any atom is 0.169 e. The number of hydrogen-bond donors (Lipinski definition) is 1. The fraction of sp³-hybridized carbons (Fsp3) is 0.750. The highest BCUT2D eigenvalue weighted by Crippen LogP contribution is 1.87. The van der Waals surface area contributed by atoms with Gasteiger partial charge in [-0.1, -0.05) is 5.21 Å². The van der Waals surface area contributed by atoms with E-state index < -0.39 is 0 Å². The van der Waals surface area contributed by atoms with Gasteiger partial charge in [0.1, 0.15) is 0 Å². The van der Waals surface area contributed by atoms with Crippen LogP contribution in [0.25, 0.3) is 0 Å². The number of nitrogens with zero attached hydrogens (tertiary/aromatic N) is 3. The van der Waals surface area contributed by atoms with Crippen molar-refractivity contribution in [1.82, 2.24) is 20.3 Å². The normalized spacial score (nSPS) is 11.1. The van der Waals surface area contributed by atoms with Crippen LogP contribution in [0.5, 0.6) is 0 Å².